The van der Waals surface area contributed by atoms with Crippen LogP contribution in [0.2, 0.25) is 0 Å². The molecule has 49 heavy (non-hydrogen) atoms. The van der Waals surface area contributed by atoms with Gasteiger partial charge in [-0.1, -0.05) is 72.8 Å². The number of allylic oxidation sites excluding steroid dienone is 2. The maximum absolute atomic E-state index is 15.0. The van der Waals surface area contributed by atoms with E-state index in [1.54, 1.807) is 34.6 Å². The largest absolute Gasteiger partial charge is 0.461 e. The van der Waals surface area contributed by atoms with Gasteiger partial charge in [-0.3, -0.25) is 19.3 Å². The lowest BCUT2D eigenvalue weighted by atomic mass is 9.78. The molecule has 10 heteroatoms. The SMILES string of the molecule is CC(C)(C)OC(=O)NC(C)(C)C(=O)NC(Cc1c[nH]c2ccccc12)C(=O)[C@]1(N2CCC(C(=O)OCc3ccccc3)CC2)C=CC=CC1. The Bertz CT molecular complexity index is 1710. The van der Waals surface area contributed by atoms with Crippen LogP contribution in [0.4, 0.5) is 4.79 Å². The Morgan fingerprint density at radius 1 is 0.959 bits per heavy atom. The summed E-state index contributed by atoms with van der Waals surface area (Å²) in [6.07, 6.45) is 10.6. The fraction of sp³-hybridized carbons (Fsp3) is 0.436. The summed E-state index contributed by atoms with van der Waals surface area (Å²) in [6.45, 7) is 9.65. The average Bonchev–Trinajstić information content (AvgIpc) is 3.48. The maximum Gasteiger partial charge on any atom is 0.408 e. The number of hydrogen-bond donors (Lipinski definition) is 3. The number of rotatable bonds is 11. The highest BCUT2D eigenvalue weighted by molar-refractivity contribution is 6.00. The summed E-state index contributed by atoms with van der Waals surface area (Å²) in [4.78, 5) is 59.9. The highest BCUT2D eigenvalue weighted by atomic mass is 16.6. The Hall–Kier alpha value is -4.70. The van der Waals surface area contributed by atoms with Crippen molar-refractivity contribution in [1.29, 1.82) is 0 Å². The molecule has 0 bridgehead atoms. The van der Waals surface area contributed by atoms with Crippen LogP contribution in [0.5, 0.6) is 0 Å². The number of aromatic nitrogens is 1. The number of likely N-dealkylation sites (tertiary alicyclic amines) is 1. The van der Waals surface area contributed by atoms with Gasteiger partial charge in [0.05, 0.1) is 12.0 Å². The number of carbonyl (C=O) groups is 4. The maximum atomic E-state index is 15.0. The Labute approximate surface area is 288 Å². The molecule has 10 nitrogen and oxygen atoms in total. The first-order valence-corrected chi connectivity index (χ1v) is 17.0. The molecular formula is C39H48N4O6. The first kappa shape index (κ1) is 35.6. The van der Waals surface area contributed by atoms with E-state index in [1.165, 1.54) is 0 Å². The van der Waals surface area contributed by atoms with Crippen LogP contribution in [-0.2, 0) is 36.9 Å². The molecule has 0 saturated carbocycles. The van der Waals surface area contributed by atoms with Gasteiger partial charge in [0.25, 0.3) is 0 Å². The topological polar surface area (TPSA) is 130 Å². The van der Waals surface area contributed by atoms with E-state index >= 15 is 0 Å². The number of ketones is 1. The third-order valence-electron chi connectivity index (χ3n) is 9.19. The number of fused-ring (bicyclic) bond motifs is 1. The van der Waals surface area contributed by atoms with Gasteiger partial charge in [-0.05, 0) is 71.1 Å². The normalized spacial score (nSPS) is 19.3. The molecule has 2 heterocycles. The number of hydrogen-bond acceptors (Lipinski definition) is 7. The number of alkyl carbamates (subject to hydrolysis) is 1. The lowest BCUT2D eigenvalue weighted by molar-refractivity contribution is -0.152. The van der Waals surface area contributed by atoms with Gasteiger partial charge < -0.3 is 25.1 Å². The highest BCUT2D eigenvalue weighted by Crippen LogP contribution is 2.34. The van der Waals surface area contributed by atoms with Crippen molar-refractivity contribution in [3.63, 3.8) is 0 Å². The van der Waals surface area contributed by atoms with Crippen LogP contribution in [0.3, 0.4) is 0 Å². The zero-order chi connectivity index (χ0) is 35.2. The molecule has 1 aromatic heterocycles. The third kappa shape index (κ3) is 8.67. The van der Waals surface area contributed by atoms with E-state index < -0.39 is 34.7 Å². The van der Waals surface area contributed by atoms with E-state index in [9.17, 15) is 19.2 Å². The van der Waals surface area contributed by atoms with Crippen molar-refractivity contribution < 1.29 is 28.7 Å². The van der Waals surface area contributed by atoms with E-state index in [1.807, 2.05) is 85.1 Å². The number of aromatic amines is 1. The standard InChI is InChI=1S/C39H48N4O6/c1-37(2,3)49-36(47)42-38(4,5)35(46)41-32(24-29-25-40-31-17-11-10-16-30(29)31)33(44)39(20-12-7-13-21-39)43-22-18-28(19-23-43)34(45)48-26-27-14-8-6-9-15-27/h6-17,20,25,28,32,40H,18-19,21-24,26H2,1-5H3,(H,41,46)(H,42,47)/t32?,39-/m0/s1. The van der Waals surface area contributed by atoms with E-state index in [4.69, 9.17) is 9.47 Å². The Morgan fingerprint density at radius 2 is 1.65 bits per heavy atom. The number of nitrogens with zero attached hydrogens (tertiary/aromatic N) is 1. The third-order valence-corrected chi connectivity index (χ3v) is 9.19. The second-order valence-corrected chi connectivity index (χ2v) is 14.5. The summed E-state index contributed by atoms with van der Waals surface area (Å²) in [7, 11) is 0. The monoisotopic (exact) mass is 668 g/mol. The lowest BCUT2D eigenvalue weighted by Crippen LogP contribution is -2.64. The Kier molecular flexibility index (Phi) is 10.8. The molecule has 1 aliphatic carbocycles. The van der Waals surface area contributed by atoms with Crippen molar-refractivity contribution in [2.24, 2.45) is 5.92 Å². The molecule has 1 aliphatic heterocycles. The quantitative estimate of drug-likeness (QED) is 0.221. The van der Waals surface area contributed by atoms with Gasteiger partial charge in [-0.25, -0.2) is 4.79 Å². The molecule has 5 rings (SSSR count). The number of piperidine rings is 1. The molecule has 2 aromatic carbocycles. The molecule has 2 atom stereocenters. The predicted octanol–water partition coefficient (Wildman–Crippen LogP) is 5.78. The molecular weight excluding hydrogens is 620 g/mol. The minimum atomic E-state index is -1.38. The van der Waals surface area contributed by atoms with Crippen LogP contribution >= 0.6 is 0 Å². The van der Waals surface area contributed by atoms with Crippen LogP contribution in [0.25, 0.3) is 10.9 Å². The Morgan fingerprint density at radius 3 is 2.33 bits per heavy atom. The van der Waals surface area contributed by atoms with E-state index in [0.29, 0.717) is 32.4 Å². The molecule has 1 fully saturated rings. The molecule has 260 valence electrons. The average molecular weight is 669 g/mol. The van der Waals surface area contributed by atoms with E-state index in [0.717, 1.165) is 22.0 Å². The van der Waals surface area contributed by atoms with Crippen LogP contribution in [-0.4, -0.2) is 69.4 Å². The summed E-state index contributed by atoms with van der Waals surface area (Å²) >= 11 is 0. The zero-order valence-corrected chi connectivity index (χ0v) is 29.1. The molecule has 2 amide bonds. The van der Waals surface area contributed by atoms with E-state index in [2.05, 4.69) is 20.5 Å². The summed E-state index contributed by atoms with van der Waals surface area (Å²) in [5.41, 5.74) is -0.417. The number of ether oxygens (including phenoxy) is 2. The number of carbonyl (C=O) groups excluding carboxylic acids is 4. The lowest BCUT2D eigenvalue weighted by Gasteiger charge is -2.46. The fourth-order valence-electron chi connectivity index (χ4n) is 6.53. The second-order valence-electron chi connectivity index (χ2n) is 14.5. The van der Waals surface area contributed by atoms with Crippen molar-refractivity contribution >= 4 is 34.7 Å². The van der Waals surface area contributed by atoms with Gasteiger partial charge in [-0.2, -0.15) is 0 Å². The molecule has 1 unspecified atom stereocenters. The zero-order valence-electron chi connectivity index (χ0n) is 29.1. The highest BCUT2D eigenvalue weighted by Gasteiger charge is 2.47. The van der Waals surface area contributed by atoms with Crippen LogP contribution in [0.15, 0.2) is 85.1 Å². The van der Waals surface area contributed by atoms with E-state index in [-0.39, 0.29) is 30.7 Å². The van der Waals surface area contributed by atoms with Gasteiger partial charge in [-0.15, -0.1) is 0 Å². The van der Waals surface area contributed by atoms with Crippen molar-refractivity contribution in [3.05, 3.63) is 96.2 Å². The predicted molar refractivity (Wildman–Crippen MR) is 189 cm³/mol. The molecule has 0 radical (unpaired) electrons. The van der Waals surface area contributed by atoms with Crippen molar-refractivity contribution in [2.45, 2.75) is 89.6 Å². The number of benzene rings is 2. The number of para-hydroxylation sites is 1. The minimum Gasteiger partial charge on any atom is -0.461 e. The first-order chi connectivity index (χ1) is 23.3. The number of amides is 2. The smallest absolute Gasteiger partial charge is 0.408 e. The van der Waals surface area contributed by atoms with Crippen LogP contribution in [0.1, 0.15) is 65.0 Å². The summed E-state index contributed by atoms with van der Waals surface area (Å²) in [6, 6.07) is 16.5. The first-order valence-electron chi connectivity index (χ1n) is 17.0. The minimum absolute atomic E-state index is 0.162. The second kappa shape index (κ2) is 14.8. The fourth-order valence-corrected chi connectivity index (χ4v) is 6.53. The molecule has 1 saturated heterocycles. The molecule has 0 spiro atoms. The van der Waals surface area contributed by atoms with Crippen LogP contribution in [0, 0.1) is 5.92 Å². The number of H-pyrrole nitrogens is 1. The van der Waals surface area contributed by atoms with Crippen LogP contribution < -0.4 is 10.6 Å². The molecule has 3 aromatic rings. The van der Waals surface area contributed by atoms with Gasteiger partial charge in [0.15, 0.2) is 5.78 Å². The number of Topliss-reactive ketones (excluding diaryl/α,β-unsaturated/α-hetero) is 1. The summed E-state index contributed by atoms with van der Waals surface area (Å²) < 4.78 is 11.0. The number of esters is 1. The van der Waals surface area contributed by atoms with Gasteiger partial charge in [0, 0.05) is 36.6 Å². The van der Waals surface area contributed by atoms with Crippen molar-refractivity contribution in [3.8, 4) is 0 Å². The van der Waals surface area contributed by atoms with Gasteiger partial charge in [0.1, 0.15) is 23.3 Å². The summed E-state index contributed by atoms with van der Waals surface area (Å²) in [5, 5.41) is 6.64. The van der Waals surface area contributed by atoms with Crippen molar-refractivity contribution in [1.82, 2.24) is 20.5 Å². The Balaban J connectivity index is 1.36. The number of nitrogens with one attached hydrogen (secondary N) is 3. The molecule has 3 N–H and O–H groups in total. The van der Waals surface area contributed by atoms with Gasteiger partial charge in [0.2, 0.25) is 5.91 Å². The molecule has 2 aliphatic rings. The summed E-state index contributed by atoms with van der Waals surface area (Å²) in [5.74, 6) is -1.17. The van der Waals surface area contributed by atoms with Gasteiger partial charge >= 0.3 is 12.1 Å². The van der Waals surface area contributed by atoms with Crippen molar-refractivity contribution in [2.75, 3.05) is 13.1 Å².